The van der Waals surface area contributed by atoms with Crippen LogP contribution in [0.2, 0.25) is 0 Å². The molecule has 0 unspecified atom stereocenters. The lowest BCUT2D eigenvalue weighted by Crippen LogP contribution is -2.48. The van der Waals surface area contributed by atoms with Gasteiger partial charge in [0, 0.05) is 32.2 Å². The Hall–Kier alpha value is -0.450. The highest BCUT2D eigenvalue weighted by molar-refractivity contribution is 9.10. The molecule has 0 spiro atoms. The first-order valence-electron chi connectivity index (χ1n) is 6.80. The molecule has 19 heavy (non-hydrogen) atoms. The third-order valence-electron chi connectivity index (χ3n) is 3.61. The zero-order valence-corrected chi connectivity index (χ0v) is 13.4. The van der Waals surface area contributed by atoms with Gasteiger partial charge in [-0.1, -0.05) is 32.9 Å². The summed E-state index contributed by atoms with van der Waals surface area (Å²) < 4.78 is 14.4. The van der Waals surface area contributed by atoms with Gasteiger partial charge in [0.15, 0.2) is 0 Å². The number of halogens is 2. The quantitative estimate of drug-likeness (QED) is 0.892. The predicted molar refractivity (Wildman–Crippen MR) is 80.7 cm³/mol. The maximum absolute atomic E-state index is 13.8. The van der Waals surface area contributed by atoms with Crippen LogP contribution in [-0.2, 0) is 0 Å². The molecule has 0 bridgehead atoms. The van der Waals surface area contributed by atoms with Gasteiger partial charge in [-0.05, 0) is 33.0 Å². The van der Waals surface area contributed by atoms with Crippen LogP contribution in [0.25, 0.3) is 0 Å². The van der Waals surface area contributed by atoms with Gasteiger partial charge in [-0.2, -0.15) is 0 Å². The van der Waals surface area contributed by atoms with Crippen LogP contribution in [0.5, 0.6) is 0 Å². The van der Waals surface area contributed by atoms with Crippen molar-refractivity contribution < 1.29 is 4.39 Å². The van der Waals surface area contributed by atoms with E-state index < -0.39 is 0 Å². The average Bonchev–Trinajstić information content (AvgIpc) is 2.35. The van der Waals surface area contributed by atoms with Crippen molar-refractivity contribution in [3.63, 3.8) is 0 Å². The molecule has 1 aliphatic heterocycles. The Morgan fingerprint density at radius 1 is 1.26 bits per heavy atom. The van der Waals surface area contributed by atoms with Gasteiger partial charge < -0.3 is 5.32 Å². The largest absolute Gasteiger partial charge is 0.314 e. The van der Waals surface area contributed by atoms with Crippen LogP contribution < -0.4 is 5.32 Å². The molecule has 1 N–H and O–H groups in total. The molecule has 0 saturated carbocycles. The fourth-order valence-corrected chi connectivity index (χ4v) is 3.36. The minimum absolute atomic E-state index is 0.0631. The van der Waals surface area contributed by atoms with E-state index in [0.29, 0.717) is 4.47 Å². The molecule has 0 radical (unpaired) electrons. The standard InChI is InChI=1S/C15H22BrFN2/c1-15(2,3)14(19-9-7-18-8-10-19)11-5-4-6-12(17)13(11)16/h4-6,14,18H,7-10H2,1-3H3/t14-/m1/s1. The molecule has 0 aliphatic carbocycles. The van der Waals surface area contributed by atoms with E-state index in [-0.39, 0.29) is 17.3 Å². The molecule has 1 aromatic carbocycles. The second-order valence-corrected chi connectivity index (χ2v) is 6.99. The van der Waals surface area contributed by atoms with Crippen molar-refractivity contribution in [2.45, 2.75) is 26.8 Å². The summed E-state index contributed by atoms with van der Waals surface area (Å²) in [6.45, 7) is 10.7. The van der Waals surface area contributed by atoms with Gasteiger partial charge in [-0.15, -0.1) is 0 Å². The molecule has 1 aliphatic rings. The van der Waals surface area contributed by atoms with Gasteiger partial charge in [0.05, 0.1) is 4.47 Å². The van der Waals surface area contributed by atoms with E-state index in [0.717, 1.165) is 31.7 Å². The summed E-state index contributed by atoms with van der Waals surface area (Å²) in [6, 6.07) is 5.56. The van der Waals surface area contributed by atoms with Gasteiger partial charge in [0.1, 0.15) is 5.82 Å². The lowest BCUT2D eigenvalue weighted by Gasteiger charge is -2.43. The van der Waals surface area contributed by atoms with Crippen molar-refractivity contribution in [2.75, 3.05) is 26.2 Å². The van der Waals surface area contributed by atoms with E-state index in [1.807, 2.05) is 6.07 Å². The average molecular weight is 329 g/mol. The van der Waals surface area contributed by atoms with Gasteiger partial charge in [-0.25, -0.2) is 4.39 Å². The predicted octanol–water partition coefficient (Wildman–Crippen LogP) is 3.58. The smallest absolute Gasteiger partial charge is 0.137 e. The molecular formula is C15H22BrFN2. The Bertz CT molecular complexity index is 436. The Morgan fingerprint density at radius 3 is 2.47 bits per heavy atom. The maximum Gasteiger partial charge on any atom is 0.137 e. The number of piperazine rings is 1. The molecule has 1 saturated heterocycles. The SMILES string of the molecule is CC(C)(C)[C@@H](c1cccc(F)c1Br)N1CCNCC1. The van der Waals surface area contributed by atoms with E-state index in [9.17, 15) is 4.39 Å². The van der Waals surface area contributed by atoms with Crippen LogP contribution in [0, 0.1) is 11.2 Å². The molecule has 2 rings (SSSR count). The summed E-state index contributed by atoms with van der Waals surface area (Å²) in [5, 5.41) is 3.37. The van der Waals surface area contributed by atoms with Crippen LogP contribution in [0.15, 0.2) is 22.7 Å². The first kappa shape index (κ1) is 14.9. The number of nitrogens with one attached hydrogen (secondary N) is 1. The summed E-state index contributed by atoms with van der Waals surface area (Å²) in [6.07, 6.45) is 0. The van der Waals surface area contributed by atoms with E-state index >= 15 is 0 Å². The molecule has 1 heterocycles. The molecule has 0 aromatic heterocycles. The molecule has 2 nitrogen and oxygen atoms in total. The number of rotatable bonds is 2. The lowest BCUT2D eigenvalue weighted by atomic mass is 9.81. The van der Waals surface area contributed by atoms with Crippen LogP contribution in [0.1, 0.15) is 32.4 Å². The highest BCUT2D eigenvalue weighted by Crippen LogP contribution is 2.41. The summed E-state index contributed by atoms with van der Waals surface area (Å²) >= 11 is 3.42. The molecule has 1 atom stereocenters. The molecule has 4 heteroatoms. The zero-order valence-electron chi connectivity index (χ0n) is 11.8. The summed E-state index contributed by atoms with van der Waals surface area (Å²) in [7, 11) is 0. The van der Waals surface area contributed by atoms with Crippen LogP contribution in [0.4, 0.5) is 4.39 Å². The van der Waals surface area contributed by atoms with Gasteiger partial charge >= 0.3 is 0 Å². The third-order valence-corrected chi connectivity index (χ3v) is 4.45. The molecule has 106 valence electrons. The fraction of sp³-hybridized carbons (Fsp3) is 0.600. The second-order valence-electron chi connectivity index (χ2n) is 6.20. The van der Waals surface area contributed by atoms with Crippen molar-refractivity contribution in [1.29, 1.82) is 0 Å². The van der Waals surface area contributed by atoms with Crippen molar-refractivity contribution in [2.24, 2.45) is 5.41 Å². The van der Waals surface area contributed by atoms with Crippen molar-refractivity contribution >= 4 is 15.9 Å². The van der Waals surface area contributed by atoms with Gasteiger partial charge in [-0.3, -0.25) is 4.90 Å². The highest BCUT2D eigenvalue weighted by atomic mass is 79.9. The first-order valence-corrected chi connectivity index (χ1v) is 7.59. The van der Waals surface area contributed by atoms with E-state index in [1.54, 1.807) is 6.07 Å². The van der Waals surface area contributed by atoms with Crippen molar-refractivity contribution in [1.82, 2.24) is 10.2 Å². The van der Waals surface area contributed by atoms with E-state index in [1.165, 1.54) is 6.07 Å². The number of nitrogens with zero attached hydrogens (tertiary/aromatic N) is 1. The minimum Gasteiger partial charge on any atom is -0.314 e. The summed E-state index contributed by atoms with van der Waals surface area (Å²) in [4.78, 5) is 2.45. The Balaban J connectivity index is 2.40. The fourth-order valence-electron chi connectivity index (χ4n) is 2.88. The Morgan fingerprint density at radius 2 is 1.89 bits per heavy atom. The van der Waals surface area contributed by atoms with Gasteiger partial charge in [0.2, 0.25) is 0 Å². The molecular weight excluding hydrogens is 307 g/mol. The Labute approximate surface area is 123 Å². The minimum atomic E-state index is -0.179. The maximum atomic E-state index is 13.8. The Kier molecular flexibility index (Phi) is 4.64. The number of hydrogen-bond donors (Lipinski definition) is 1. The van der Waals surface area contributed by atoms with E-state index in [2.05, 4.69) is 46.9 Å². The first-order chi connectivity index (χ1) is 8.91. The molecule has 1 aromatic rings. The lowest BCUT2D eigenvalue weighted by molar-refractivity contribution is 0.0854. The van der Waals surface area contributed by atoms with Crippen LogP contribution in [-0.4, -0.2) is 31.1 Å². The molecule has 1 fully saturated rings. The normalized spacial score (nSPS) is 19.4. The number of hydrogen-bond acceptors (Lipinski definition) is 2. The second kappa shape index (κ2) is 5.90. The summed E-state index contributed by atoms with van der Waals surface area (Å²) in [5.74, 6) is -0.179. The van der Waals surface area contributed by atoms with Crippen molar-refractivity contribution in [3.05, 3.63) is 34.1 Å². The van der Waals surface area contributed by atoms with Crippen LogP contribution in [0.3, 0.4) is 0 Å². The zero-order chi connectivity index (χ0) is 14.0. The topological polar surface area (TPSA) is 15.3 Å². The van der Waals surface area contributed by atoms with Crippen molar-refractivity contribution in [3.8, 4) is 0 Å². The van der Waals surface area contributed by atoms with E-state index in [4.69, 9.17) is 0 Å². The van der Waals surface area contributed by atoms with Crippen LogP contribution >= 0.6 is 15.9 Å². The summed E-state index contributed by atoms with van der Waals surface area (Å²) in [5.41, 5.74) is 1.11. The highest BCUT2D eigenvalue weighted by Gasteiger charge is 2.34. The molecule has 0 amide bonds. The third kappa shape index (κ3) is 3.36. The monoisotopic (exact) mass is 328 g/mol. The number of benzene rings is 1. The van der Waals surface area contributed by atoms with Gasteiger partial charge in [0.25, 0.3) is 0 Å².